The Morgan fingerprint density at radius 3 is 2.41 bits per heavy atom. The van der Waals surface area contributed by atoms with Gasteiger partial charge in [-0.25, -0.2) is 4.79 Å². The Hall–Kier alpha value is -3.46. The molecular weight excluding hydrogens is 582 g/mol. The molecule has 6 atom stereocenters. The van der Waals surface area contributed by atoms with E-state index in [1.165, 1.54) is 31.1 Å². The average Bonchev–Trinajstić information content (AvgIpc) is 2.85. The highest BCUT2D eigenvalue weighted by Crippen LogP contribution is 2.56. The van der Waals surface area contributed by atoms with Crippen LogP contribution in [0.15, 0.2) is 34.8 Å². The Morgan fingerprint density at radius 2 is 1.85 bits per heavy atom. The van der Waals surface area contributed by atoms with Gasteiger partial charge in [0, 0.05) is 16.8 Å². The summed E-state index contributed by atoms with van der Waals surface area (Å²) >= 11 is 3.11. The monoisotopic (exact) mass is 609 g/mol. The number of aromatic hydroxyl groups is 1. The molecule has 0 unspecified atom stereocenters. The minimum absolute atomic E-state index is 0.0346. The molecule has 0 spiro atoms. The molecule has 13 nitrogen and oxygen atoms in total. The van der Waals surface area contributed by atoms with E-state index >= 15 is 0 Å². The first-order chi connectivity index (χ1) is 18.2. The van der Waals surface area contributed by atoms with E-state index in [4.69, 9.17) is 10.5 Å². The average molecular weight is 610 g/mol. The molecule has 0 heterocycles. The summed E-state index contributed by atoms with van der Waals surface area (Å²) in [6.07, 6.45) is -2.60. The van der Waals surface area contributed by atoms with Crippen molar-refractivity contribution in [3.05, 3.63) is 45.9 Å². The Morgan fingerprint density at radius 1 is 1.21 bits per heavy atom. The molecule has 0 bridgehead atoms. The normalized spacial score (nSPS) is 30.1. The van der Waals surface area contributed by atoms with Crippen LogP contribution in [0.2, 0.25) is 0 Å². The molecule has 8 N–H and O–H groups in total. The van der Waals surface area contributed by atoms with Crippen LogP contribution < -0.4 is 11.1 Å². The van der Waals surface area contributed by atoms with Gasteiger partial charge in [-0.2, -0.15) is 0 Å². The number of phenolic OH excluding ortho intramolecular Hbond substituents is 1. The van der Waals surface area contributed by atoms with Gasteiger partial charge < -0.3 is 36.0 Å². The van der Waals surface area contributed by atoms with Gasteiger partial charge in [0.2, 0.25) is 5.78 Å². The highest BCUT2D eigenvalue weighted by atomic mass is 79.9. The van der Waals surface area contributed by atoms with Crippen LogP contribution in [0.25, 0.3) is 0 Å². The predicted molar refractivity (Wildman–Crippen MR) is 139 cm³/mol. The molecule has 0 aromatic heterocycles. The molecule has 2 amide bonds. The third-order valence-corrected chi connectivity index (χ3v) is 8.00. The number of carbonyl (C=O) groups excluding carboxylic acids is 4. The van der Waals surface area contributed by atoms with Gasteiger partial charge in [-0.05, 0) is 31.6 Å². The number of hydrogen-bond acceptors (Lipinski definition) is 11. The maximum atomic E-state index is 13.8. The molecule has 39 heavy (non-hydrogen) atoms. The van der Waals surface area contributed by atoms with Crippen molar-refractivity contribution in [1.29, 1.82) is 0 Å². The first-order valence-corrected chi connectivity index (χ1v) is 13.0. The van der Waals surface area contributed by atoms with Crippen molar-refractivity contribution < 1.29 is 49.4 Å². The number of fused-ring (bicyclic) bond motifs is 3. The number of hydrogen-bond donors (Lipinski definition) is 7. The quantitative estimate of drug-likeness (QED) is 0.139. The predicted octanol–water partition coefficient (Wildman–Crippen LogP) is 0.596. The third-order valence-electron chi connectivity index (χ3n) is 7.68. The van der Waals surface area contributed by atoms with Crippen molar-refractivity contribution >= 4 is 45.2 Å². The van der Waals surface area contributed by atoms with Crippen LogP contribution in [0.1, 0.15) is 28.8 Å². The lowest BCUT2D eigenvalue weighted by Gasteiger charge is -2.53. The van der Waals surface area contributed by atoms with Crippen LogP contribution in [-0.4, -0.2) is 97.8 Å². The topological polar surface area (TPSA) is 220 Å². The number of likely N-dealkylation sites (N-methyl/N-ethyl adjacent to an activating group) is 1. The summed E-state index contributed by atoms with van der Waals surface area (Å²) in [6.45, 7) is 1.64. The molecule has 0 aliphatic heterocycles. The number of benzene rings is 1. The Kier molecular flexibility index (Phi) is 7.27. The molecule has 3 aliphatic rings. The molecule has 4 rings (SSSR count). The van der Waals surface area contributed by atoms with Gasteiger partial charge in [0.25, 0.3) is 5.91 Å². The molecule has 1 aromatic rings. The second kappa shape index (κ2) is 9.93. The van der Waals surface area contributed by atoms with Gasteiger partial charge in [-0.15, -0.1) is 0 Å². The fraction of sp³-hybridized carbons (Fsp3) is 0.440. The number of aliphatic hydroxyl groups is 4. The number of nitrogens with zero attached hydrogens (tertiary/aromatic N) is 1. The maximum absolute atomic E-state index is 13.8. The first kappa shape index (κ1) is 28.5. The highest BCUT2D eigenvalue weighted by molar-refractivity contribution is 9.09. The van der Waals surface area contributed by atoms with E-state index in [9.17, 15) is 44.7 Å². The number of primary amides is 1. The number of nitrogens with two attached hydrogens (primary N) is 1. The molecule has 3 aliphatic carbocycles. The molecule has 0 saturated carbocycles. The van der Waals surface area contributed by atoms with E-state index in [0.29, 0.717) is 5.33 Å². The van der Waals surface area contributed by atoms with Gasteiger partial charge in [0.05, 0.1) is 29.3 Å². The lowest BCUT2D eigenvalue weighted by Crippen LogP contribution is -2.68. The summed E-state index contributed by atoms with van der Waals surface area (Å²) in [5.74, 6) is -9.97. The van der Waals surface area contributed by atoms with Crippen LogP contribution in [0.5, 0.6) is 5.75 Å². The second-order valence-corrected chi connectivity index (χ2v) is 10.7. The number of carbonyl (C=O) groups is 4. The number of nitrogens with one attached hydrogen (secondary N) is 1. The minimum Gasteiger partial charge on any atom is -0.510 e. The number of aliphatic hydroxyl groups excluding tert-OH is 3. The van der Waals surface area contributed by atoms with Crippen molar-refractivity contribution in [3.63, 3.8) is 0 Å². The van der Waals surface area contributed by atoms with Crippen LogP contribution in [0, 0.1) is 11.8 Å². The molecule has 0 fully saturated rings. The number of Topliss-reactive ketones (excluding diaryl/α,β-unsaturated/α-hetero) is 2. The molecule has 14 heteroatoms. The fourth-order valence-corrected chi connectivity index (χ4v) is 6.16. The second-order valence-electron chi connectivity index (χ2n) is 9.93. The largest absolute Gasteiger partial charge is 0.510 e. The Balaban J connectivity index is 1.92. The smallest absolute Gasteiger partial charge is 0.411 e. The lowest BCUT2D eigenvalue weighted by atomic mass is 9.55. The van der Waals surface area contributed by atoms with E-state index in [2.05, 4.69) is 21.2 Å². The fourth-order valence-electron chi connectivity index (χ4n) is 6.00. The minimum atomic E-state index is -3.01. The summed E-state index contributed by atoms with van der Waals surface area (Å²) < 4.78 is 4.90. The third kappa shape index (κ3) is 4.01. The Bertz CT molecular complexity index is 1360. The van der Waals surface area contributed by atoms with Crippen LogP contribution >= 0.6 is 15.9 Å². The zero-order chi connectivity index (χ0) is 29.1. The van der Waals surface area contributed by atoms with Crippen molar-refractivity contribution in [2.75, 3.05) is 31.3 Å². The zero-order valence-electron chi connectivity index (χ0n) is 21.1. The van der Waals surface area contributed by atoms with Crippen LogP contribution in [0.4, 0.5) is 10.5 Å². The van der Waals surface area contributed by atoms with Gasteiger partial charge >= 0.3 is 6.09 Å². The number of ether oxygens (including phenoxy) is 1. The van der Waals surface area contributed by atoms with E-state index in [1.54, 1.807) is 6.92 Å². The number of halogens is 1. The van der Waals surface area contributed by atoms with E-state index < -0.39 is 87.5 Å². The van der Waals surface area contributed by atoms with Crippen LogP contribution in [0.3, 0.4) is 0 Å². The summed E-state index contributed by atoms with van der Waals surface area (Å²) in [4.78, 5) is 52.6. The van der Waals surface area contributed by atoms with E-state index in [0.717, 1.165) is 0 Å². The molecule has 1 aromatic carbocycles. The molecule has 210 valence electrons. The van der Waals surface area contributed by atoms with Crippen molar-refractivity contribution in [2.24, 2.45) is 17.6 Å². The molecule has 0 radical (unpaired) electrons. The number of alkyl halides is 1. The summed E-state index contributed by atoms with van der Waals surface area (Å²) in [5, 5.41) is 59.1. The first-order valence-electron chi connectivity index (χ1n) is 11.9. The number of anilines is 1. The number of phenols is 1. The van der Waals surface area contributed by atoms with Gasteiger partial charge in [-0.3, -0.25) is 24.6 Å². The lowest BCUT2D eigenvalue weighted by molar-refractivity contribution is -0.162. The van der Waals surface area contributed by atoms with Gasteiger partial charge in [0.1, 0.15) is 23.7 Å². The standard InChI is InChI=1S/C25H28BrN3O10/c1-8-9-4-5-10(28-24(37)39-7-6-26)17(30)12(9)18(31)13-11(8)19(32)15-16(29(2)3)20(33)14(23(27)36)22(35)25(15,38)21(13)34/h4-5,8,11,15-16,19,30,32-34,38H,6-7H2,1-3H3,(H2,27,36)(H,28,37)/t8-,11+,15+,16-,19-,25-/m1/s1. The van der Waals surface area contributed by atoms with Gasteiger partial charge in [-0.1, -0.05) is 28.9 Å². The van der Waals surface area contributed by atoms with Crippen LogP contribution in [-0.2, 0) is 14.3 Å². The summed E-state index contributed by atoms with van der Waals surface area (Å²) in [7, 11) is 2.91. The number of ketones is 2. The van der Waals surface area contributed by atoms with Gasteiger partial charge in [0.15, 0.2) is 17.1 Å². The van der Waals surface area contributed by atoms with Crippen molar-refractivity contribution in [1.82, 2.24) is 4.90 Å². The number of amides is 2. The van der Waals surface area contributed by atoms with Crippen molar-refractivity contribution in [2.45, 2.75) is 30.6 Å². The summed E-state index contributed by atoms with van der Waals surface area (Å²) in [6, 6.07) is 1.45. The highest BCUT2D eigenvalue weighted by Gasteiger charge is 2.67. The molecular formula is C25H28BrN3O10. The van der Waals surface area contributed by atoms with Crippen molar-refractivity contribution in [3.8, 4) is 5.75 Å². The SMILES string of the molecule is C[C@@H]1c2ccc(NC(=O)OCCBr)c(O)c2C(=O)C2=C(O)[C@@]3(O)C(=O)C(C(N)=O)=C(O)[C@H](N(C)C)[C@H]3[C@H](O)[C@H]21. The summed E-state index contributed by atoms with van der Waals surface area (Å²) in [5.41, 5.74) is 0.546. The van der Waals surface area contributed by atoms with E-state index in [1.807, 2.05) is 0 Å². The van der Waals surface area contributed by atoms with E-state index in [-0.39, 0.29) is 23.4 Å². The maximum Gasteiger partial charge on any atom is 0.411 e. The zero-order valence-corrected chi connectivity index (χ0v) is 22.7. The number of rotatable bonds is 5. The molecule has 0 saturated heterocycles. The Labute approximate surface area is 230 Å².